The van der Waals surface area contributed by atoms with Crippen LogP contribution in [0.1, 0.15) is 25.7 Å². The van der Waals surface area contributed by atoms with Crippen LogP contribution in [0, 0.1) is 5.92 Å². The zero-order chi connectivity index (χ0) is 12.6. The van der Waals surface area contributed by atoms with Crippen LogP contribution < -0.4 is 14.8 Å². The van der Waals surface area contributed by atoms with Crippen molar-refractivity contribution in [1.29, 1.82) is 0 Å². The van der Waals surface area contributed by atoms with Crippen LogP contribution in [0.2, 0.25) is 0 Å². The van der Waals surface area contributed by atoms with Crippen molar-refractivity contribution in [3.8, 4) is 11.5 Å². The Morgan fingerprint density at radius 2 is 2.06 bits per heavy atom. The van der Waals surface area contributed by atoms with Crippen LogP contribution in [0.25, 0.3) is 0 Å². The highest BCUT2D eigenvalue weighted by molar-refractivity contribution is 5.39. The predicted molar refractivity (Wildman–Crippen MR) is 73.3 cm³/mol. The third kappa shape index (κ3) is 3.91. The number of para-hydroxylation sites is 2. The van der Waals surface area contributed by atoms with Crippen molar-refractivity contribution in [3.05, 3.63) is 24.3 Å². The number of hydrogen-bond acceptors (Lipinski definition) is 3. The van der Waals surface area contributed by atoms with Gasteiger partial charge >= 0.3 is 0 Å². The maximum Gasteiger partial charge on any atom is 0.161 e. The third-order valence-electron chi connectivity index (χ3n) is 3.50. The number of rotatable bonds is 5. The molecule has 1 aliphatic rings. The predicted octanol–water partition coefficient (Wildman–Crippen LogP) is 2.85. The van der Waals surface area contributed by atoms with Crippen LogP contribution >= 0.6 is 0 Å². The Hall–Kier alpha value is -1.22. The molecule has 0 spiro atoms. The molecule has 0 radical (unpaired) electrons. The zero-order valence-electron chi connectivity index (χ0n) is 11.2. The molecule has 1 N–H and O–H groups in total. The van der Waals surface area contributed by atoms with Gasteiger partial charge in [-0.15, -0.1) is 0 Å². The Labute approximate surface area is 109 Å². The van der Waals surface area contributed by atoms with Gasteiger partial charge in [0, 0.05) is 0 Å². The number of hydrogen-bond donors (Lipinski definition) is 1. The molecule has 18 heavy (non-hydrogen) atoms. The molecule has 1 aromatic carbocycles. The van der Waals surface area contributed by atoms with Gasteiger partial charge in [0.15, 0.2) is 11.5 Å². The van der Waals surface area contributed by atoms with E-state index in [9.17, 15) is 0 Å². The lowest BCUT2D eigenvalue weighted by atomic mass is 10.0. The van der Waals surface area contributed by atoms with Gasteiger partial charge in [0.25, 0.3) is 0 Å². The number of methoxy groups -OCH3 is 1. The van der Waals surface area contributed by atoms with E-state index >= 15 is 0 Å². The summed E-state index contributed by atoms with van der Waals surface area (Å²) in [6, 6.07) is 7.83. The van der Waals surface area contributed by atoms with Gasteiger partial charge in [-0.2, -0.15) is 0 Å². The highest BCUT2D eigenvalue weighted by atomic mass is 16.5. The van der Waals surface area contributed by atoms with Gasteiger partial charge in [0.05, 0.1) is 13.7 Å². The molecule has 0 saturated carbocycles. The smallest absolute Gasteiger partial charge is 0.161 e. The lowest BCUT2D eigenvalue weighted by Crippen LogP contribution is -2.22. The SMILES string of the molecule is COc1ccccc1OCCC1CCCCNC1. The fourth-order valence-electron chi connectivity index (χ4n) is 2.41. The number of benzene rings is 1. The summed E-state index contributed by atoms with van der Waals surface area (Å²) in [6.45, 7) is 3.08. The average molecular weight is 249 g/mol. The van der Waals surface area contributed by atoms with Crippen molar-refractivity contribution in [2.24, 2.45) is 5.92 Å². The van der Waals surface area contributed by atoms with E-state index in [1.807, 2.05) is 24.3 Å². The summed E-state index contributed by atoms with van der Waals surface area (Å²) in [5.41, 5.74) is 0. The Morgan fingerprint density at radius 1 is 1.22 bits per heavy atom. The minimum absolute atomic E-state index is 0.752. The molecule has 0 bridgehead atoms. The zero-order valence-corrected chi connectivity index (χ0v) is 11.2. The molecule has 0 amide bonds. The maximum atomic E-state index is 5.82. The second-order valence-corrected chi connectivity index (χ2v) is 4.85. The summed E-state index contributed by atoms with van der Waals surface area (Å²) < 4.78 is 11.1. The maximum absolute atomic E-state index is 5.82. The van der Waals surface area contributed by atoms with Gasteiger partial charge in [0.1, 0.15) is 0 Å². The van der Waals surface area contributed by atoms with Gasteiger partial charge in [-0.1, -0.05) is 18.6 Å². The third-order valence-corrected chi connectivity index (χ3v) is 3.50. The van der Waals surface area contributed by atoms with Crippen molar-refractivity contribution in [2.75, 3.05) is 26.8 Å². The average Bonchev–Trinajstić information content (AvgIpc) is 2.68. The van der Waals surface area contributed by atoms with Crippen LogP contribution in [0.4, 0.5) is 0 Å². The second-order valence-electron chi connectivity index (χ2n) is 4.85. The summed E-state index contributed by atoms with van der Waals surface area (Å²) >= 11 is 0. The largest absolute Gasteiger partial charge is 0.493 e. The van der Waals surface area contributed by atoms with Crippen LogP contribution in [-0.2, 0) is 0 Å². The van der Waals surface area contributed by atoms with Gasteiger partial charge in [-0.05, 0) is 50.4 Å². The standard InChI is InChI=1S/C15H23NO2/c1-17-14-7-2-3-8-15(14)18-11-9-13-6-4-5-10-16-12-13/h2-3,7-8,13,16H,4-6,9-12H2,1H3. The molecule has 2 rings (SSSR count). The summed E-state index contributed by atoms with van der Waals surface area (Å²) in [5.74, 6) is 2.42. The molecule has 1 saturated heterocycles. The lowest BCUT2D eigenvalue weighted by Gasteiger charge is -2.15. The monoisotopic (exact) mass is 249 g/mol. The second kappa shape index (κ2) is 7.27. The Kier molecular flexibility index (Phi) is 5.34. The van der Waals surface area contributed by atoms with Gasteiger partial charge in [-0.3, -0.25) is 0 Å². The van der Waals surface area contributed by atoms with Crippen molar-refractivity contribution < 1.29 is 9.47 Å². The topological polar surface area (TPSA) is 30.5 Å². The molecule has 1 atom stereocenters. The first-order valence-corrected chi connectivity index (χ1v) is 6.86. The van der Waals surface area contributed by atoms with Gasteiger partial charge in [0.2, 0.25) is 0 Å². The van der Waals surface area contributed by atoms with E-state index in [0.717, 1.165) is 37.0 Å². The summed E-state index contributed by atoms with van der Waals surface area (Å²) in [6.07, 6.45) is 5.09. The molecule has 1 unspecified atom stereocenters. The molecule has 100 valence electrons. The first-order chi connectivity index (χ1) is 8.90. The Morgan fingerprint density at radius 3 is 2.89 bits per heavy atom. The van der Waals surface area contributed by atoms with E-state index in [1.165, 1.54) is 25.8 Å². The van der Waals surface area contributed by atoms with E-state index < -0.39 is 0 Å². The van der Waals surface area contributed by atoms with E-state index in [4.69, 9.17) is 9.47 Å². The fraction of sp³-hybridized carbons (Fsp3) is 0.600. The molecule has 0 aliphatic carbocycles. The summed E-state index contributed by atoms with van der Waals surface area (Å²) in [7, 11) is 1.68. The first-order valence-electron chi connectivity index (χ1n) is 6.86. The molecule has 3 nitrogen and oxygen atoms in total. The summed E-state index contributed by atoms with van der Waals surface area (Å²) in [4.78, 5) is 0. The number of nitrogens with one attached hydrogen (secondary N) is 1. The minimum Gasteiger partial charge on any atom is -0.493 e. The molecule has 1 aromatic rings. The van der Waals surface area contributed by atoms with E-state index in [2.05, 4.69) is 5.32 Å². The molecular formula is C15H23NO2. The van der Waals surface area contributed by atoms with Crippen molar-refractivity contribution in [3.63, 3.8) is 0 Å². The lowest BCUT2D eigenvalue weighted by molar-refractivity contribution is 0.259. The van der Waals surface area contributed by atoms with E-state index in [1.54, 1.807) is 7.11 Å². The fourth-order valence-corrected chi connectivity index (χ4v) is 2.41. The van der Waals surface area contributed by atoms with Crippen LogP contribution in [0.15, 0.2) is 24.3 Å². The molecule has 0 aromatic heterocycles. The van der Waals surface area contributed by atoms with Crippen molar-refractivity contribution >= 4 is 0 Å². The molecular weight excluding hydrogens is 226 g/mol. The highest BCUT2D eigenvalue weighted by Gasteiger charge is 2.12. The highest BCUT2D eigenvalue weighted by Crippen LogP contribution is 2.26. The van der Waals surface area contributed by atoms with Crippen LogP contribution in [0.3, 0.4) is 0 Å². The van der Waals surface area contributed by atoms with Crippen molar-refractivity contribution in [1.82, 2.24) is 5.32 Å². The number of ether oxygens (including phenoxy) is 2. The molecule has 1 heterocycles. The quantitative estimate of drug-likeness (QED) is 0.870. The van der Waals surface area contributed by atoms with E-state index in [-0.39, 0.29) is 0 Å². The normalized spacial score (nSPS) is 20.2. The summed E-state index contributed by atoms with van der Waals surface area (Å²) in [5, 5.41) is 3.49. The molecule has 1 fully saturated rings. The van der Waals surface area contributed by atoms with Gasteiger partial charge in [-0.25, -0.2) is 0 Å². The minimum atomic E-state index is 0.752. The van der Waals surface area contributed by atoms with Crippen molar-refractivity contribution in [2.45, 2.75) is 25.7 Å². The van der Waals surface area contributed by atoms with Gasteiger partial charge < -0.3 is 14.8 Å². The molecule has 1 aliphatic heterocycles. The van der Waals surface area contributed by atoms with Crippen LogP contribution in [0.5, 0.6) is 11.5 Å². The first kappa shape index (κ1) is 13.2. The Bertz CT molecular complexity index is 346. The Balaban J connectivity index is 1.77. The van der Waals surface area contributed by atoms with E-state index in [0.29, 0.717) is 0 Å². The molecule has 3 heteroatoms. The van der Waals surface area contributed by atoms with Crippen LogP contribution in [-0.4, -0.2) is 26.8 Å².